The first kappa shape index (κ1) is 9.62. The van der Waals surface area contributed by atoms with E-state index in [1.165, 1.54) is 0 Å². The second-order valence-corrected chi connectivity index (χ2v) is 3.89. The second-order valence-electron chi connectivity index (χ2n) is 3.48. The van der Waals surface area contributed by atoms with E-state index in [9.17, 15) is 0 Å². The zero-order valence-corrected chi connectivity index (χ0v) is 8.79. The quantitative estimate of drug-likeness (QED) is 0.808. The maximum Gasteiger partial charge on any atom is 0.137 e. The van der Waals surface area contributed by atoms with Crippen molar-refractivity contribution in [1.82, 2.24) is 0 Å². The van der Waals surface area contributed by atoms with Crippen LogP contribution in [0.25, 0.3) is 0 Å². The van der Waals surface area contributed by atoms with Gasteiger partial charge in [-0.25, -0.2) is 0 Å². The maximum absolute atomic E-state index is 6.01. The van der Waals surface area contributed by atoms with Crippen LogP contribution in [-0.2, 0) is 0 Å². The lowest BCUT2D eigenvalue weighted by atomic mass is 10.1. The number of hydrogen-bond acceptors (Lipinski definition) is 3. The molecule has 1 aliphatic heterocycles. The van der Waals surface area contributed by atoms with Gasteiger partial charge in [0, 0.05) is 24.8 Å². The van der Waals surface area contributed by atoms with E-state index in [0.717, 1.165) is 18.8 Å². The Bertz CT molecular complexity index is 337. The van der Waals surface area contributed by atoms with Crippen molar-refractivity contribution in [3.05, 3.63) is 23.2 Å². The summed E-state index contributed by atoms with van der Waals surface area (Å²) in [5.74, 6) is 0.709. The first-order valence-corrected chi connectivity index (χ1v) is 4.92. The number of ether oxygens (including phenoxy) is 1. The Morgan fingerprint density at radius 1 is 1.50 bits per heavy atom. The molecule has 0 radical (unpaired) electrons. The fourth-order valence-corrected chi connectivity index (χ4v) is 1.83. The molecule has 0 saturated carbocycles. The maximum atomic E-state index is 6.01. The Morgan fingerprint density at radius 2 is 2.21 bits per heavy atom. The third-order valence-corrected chi connectivity index (χ3v) is 2.71. The van der Waals surface area contributed by atoms with Crippen molar-refractivity contribution in [2.75, 3.05) is 25.1 Å². The van der Waals surface area contributed by atoms with Gasteiger partial charge in [0.1, 0.15) is 5.75 Å². The molecule has 76 valence electrons. The number of nitrogens with zero attached hydrogens (tertiary/aromatic N) is 1. The Balaban J connectivity index is 2.16. The van der Waals surface area contributed by atoms with E-state index in [2.05, 4.69) is 4.90 Å². The molecule has 2 rings (SSSR count). The fourth-order valence-electron chi connectivity index (χ4n) is 1.58. The Labute approximate surface area is 88.4 Å². The van der Waals surface area contributed by atoms with Crippen LogP contribution in [0.15, 0.2) is 18.2 Å². The topological polar surface area (TPSA) is 38.5 Å². The molecular formula is C10H13ClN2O. The molecular weight excluding hydrogens is 200 g/mol. The summed E-state index contributed by atoms with van der Waals surface area (Å²) in [7, 11) is 1.61. The van der Waals surface area contributed by atoms with Crippen molar-refractivity contribution in [1.29, 1.82) is 0 Å². The number of methoxy groups -OCH3 is 1. The van der Waals surface area contributed by atoms with Gasteiger partial charge >= 0.3 is 0 Å². The Kier molecular flexibility index (Phi) is 2.52. The van der Waals surface area contributed by atoms with Gasteiger partial charge in [0.15, 0.2) is 0 Å². The minimum absolute atomic E-state index is 0.302. The molecule has 1 aromatic rings. The molecule has 14 heavy (non-hydrogen) atoms. The summed E-state index contributed by atoms with van der Waals surface area (Å²) in [5.41, 5.74) is 6.81. The molecule has 0 unspecified atom stereocenters. The number of benzene rings is 1. The third-order valence-electron chi connectivity index (χ3n) is 2.41. The van der Waals surface area contributed by atoms with Gasteiger partial charge in [0.05, 0.1) is 12.1 Å². The van der Waals surface area contributed by atoms with Crippen LogP contribution in [-0.4, -0.2) is 26.2 Å². The zero-order chi connectivity index (χ0) is 10.1. The SMILES string of the molecule is COc1ccc(N2CC(N)C2)cc1Cl. The normalized spacial score (nSPS) is 16.6. The van der Waals surface area contributed by atoms with Crippen LogP contribution in [0.1, 0.15) is 0 Å². The fraction of sp³-hybridized carbons (Fsp3) is 0.400. The first-order chi connectivity index (χ1) is 6.70. The summed E-state index contributed by atoms with van der Waals surface area (Å²) < 4.78 is 5.08. The van der Waals surface area contributed by atoms with E-state index >= 15 is 0 Å². The van der Waals surface area contributed by atoms with Gasteiger partial charge in [-0.1, -0.05) is 11.6 Å². The molecule has 1 aromatic carbocycles. The van der Waals surface area contributed by atoms with E-state index in [4.69, 9.17) is 22.1 Å². The smallest absolute Gasteiger partial charge is 0.137 e. The average molecular weight is 213 g/mol. The molecule has 2 N–H and O–H groups in total. The predicted octanol–water partition coefficient (Wildman–Crippen LogP) is 1.50. The van der Waals surface area contributed by atoms with Gasteiger partial charge in [-0.05, 0) is 18.2 Å². The highest BCUT2D eigenvalue weighted by Gasteiger charge is 2.23. The minimum atomic E-state index is 0.302. The van der Waals surface area contributed by atoms with E-state index < -0.39 is 0 Å². The molecule has 0 bridgehead atoms. The van der Waals surface area contributed by atoms with Crippen LogP contribution in [0, 0.1) is 0 Å². The van der Waals surface area contributed by atoms with Crippen molar-refractivity contribution >= 4 is 17.3 Å². The van der Waals surface area contributed by atoms with Crippen LogP contribution >= 0.6 is 11.6 Å². The first-order valence-electron chi connectivity index (χ1n) is 4.55. The van der Waals surface area contributed by atoms with Gasteiger partial charge in [-0.3, -0.25) is 0 Å². The summed E-state index contributed by atoms with van der Waals surface area (Å²) in [4.78, 5) is 2.19. The molecule has 1 saturated heterocycles. The zero-order valence-electron chi connectivity index (χ0n) is 8.03. The number of anilines is 1. The minimum Gasteiger partial charge on any atom is -0.495 e. The number of halogens is 1. The van der Waals surface area contributed by atoms with E-state index in [-0.39, 0.29) is 0 Å². The summed E-state index contributed by atoms with van der Waals surface area (Å²) in [6.07, 6.45) is 0. The highest BCUT2D eigenvalue weighted by molar-refractivity contribution is 6.32. The van der Waals surface area contributed by atoms with Crippen molar-refractivity contribution < 1.29 is 4.74 Å². The molecule has 3 nitrogen and oxygen atoms in total. The number of hydrogen-bond donors (Lipinski definition) is 1. The van der Waals surface area contributed by atoms with E-state index in [0.29, 0.717) is 16.8 Å². The molecule has 0 atom stereocenters. The second kappa shape index (κ2) is 3.67. The third kappa shape index (κ3) is 1.65. The van der Waals surface area contributed by atoms with Crippen molar-refractivity contribution in [2.24, 2.45) is 5.73 Å². The van der Waals surface area contributed by atoms with Crippen molar-refractivity contribution in [3.8, 4) is 5.75 Å². The highest BCUT2D eigenvalue weighted by atomic mass is 35.5. The van der Waals surface area contributed by atoms with E-state index in [1.807, 2.05) is 18.2 Å². The predicted molar refractivity (Wildman–Crippen MR) is 58.2 cm³/mol. The lowest BCUT2D eigenvalue weighted by molar-refractivity contribution is 0.415. The Morgan fingerprint density at radius 3 is 2.71 bits per heavy atom. The average Bonchev–Trinajstić information content (AvgIpc) is 2.13. The molecule has 1 aliphatic rings. The van der Waals surface area contributed by atoms with Crippen LogP contribution in [0.3, 0.4) is 0 Å². The summed E-state index contributed by atoms with van der Waals surface area (Å²) in [6, 6.07) is 6.08. The van der Waals surface area contributed by atoms with Crippen LogP contribution < -0.4 is 15.4 Å². The van der Waals surface area contributed by atoms with Gasteiger partial charge in [-0.15, -0.1) is 0 Å². The summed E-state index contributed by atoms with van der Waals surface area (Å²) in [5, 5.41) is 0.644. The van der Waals surface area contributed by atoms with Gasteiger partial charge in [0.2, 0.25) is 0 Å². The summed E-state index contributed by atoms with van der Waals surface area (Å²) in [6.45, 7) is 1.81. The van der Waals surface area contributed by atoms with Crippen molar-refractivity contribution in [2.45, 2.75) is 6.04 Å². The lowest BCUT2D eigenvalue weighted by Crippen LogP contribution is -2.55. The number of rotatable bonds is 2. The van der Waals surface area contributed by atoms with E-state index in [1.54, 1.807) is 7.11 Å². The van der Waals surface area contributed by atoms with Crippen LogP contribution in [0.4, 0.5) is 5.69 Å². The molecule has 0 amide bonds. The number of nitrogens with two attached hydrogens (primary N) is 1. The molecule has 1 fully saturated rings. The highest BCUT2D eigenvalue weighted by Crippen LogP contribution is 2.30. The molecule has 0 spiro atoms. The molecule has 4 heteroatoms. The molecule has 0 aliphatic carbocycles. The van der Waals surface area contributed by atoms with Crippen molar-refractivity contribution in [3.63, 3.8) is 0 Å². The largest absolute Gasteiger partial charge is 0.495 e. The van der Waals surface area contributed by atoms with Crippen LogP contribution in [0.2, 0.25) is 5.02 Å². The summed E-state index contributed by atoms with van der Waals surface area (Å²) >= 11 is 6.01. The monoisotopic (exact) mass is 212 g/mol. The standard InChI is InChI=1S/C10H13ClN2O/c1-14-10-3-2-8(4-9(10)11)13-5-7(12)6-13/h2-4,7H,5-6,12H2,1H3. The molecule has 0 aromatic heterocycles. The van der Waals surface area contributed by atoms with Gasteiger partial charge in [-0.2, -0.15) is 0 Å². The van der Waals surface area contributed by atoms with Gasteiger partial charge in [0.25, 0.3) is 0 Å². The van der Waals surface area contributed by atoms with Crippen LogP contribution in [0.5, 0.6) is 5.75 Å². The lowest BCUT2D eigenvalue weighted by Gasteiger charge is -2.38. The Hall–Kier alpha value is -0.930. The van der Waals surface area contributed by atoms with Gasteiger partial charge < -0.3 is 15.4 Å². The molecule has 1 heterocycles.